The first kappa shape index (κ1) is 16.8. The van der Waals surface area contributed by atoms with Crippen molar-refractivity contribution in [3.63, 3.8) is 0 Å². The van der Waals surface area contributed by atoms with Gasteiger partial charge in [-0.25, -0.2) is 0 Å². The molecule has 118 valence electrons. The second-order valence-electron chi connectivity index (χ2n) is 7.27. The lowest BCUT2D eigenvalue weighted by atomic mass is 9.98. The van der Waals surface area contributed by atoms with Crippen LogP contribution in [0, 0.1) is 17.8 Å². The molecule has 1 aromatic rings. The average molecular weight is 309 g/mol. The highest BCUT2D eigenvalue weighted by molar-refractivity contribution is 5.85. The molecular formula is C18H29ClN2. The molecule has 0 amide bonds. The normalized spacial score (nSPS) is 28.7. The van der Waals surface area contributed by atoms with Crippen molar-refractivity contribution in [2.24, 2.45) is 23.5 Å². The Balaban J connectivity index is 0.00000161. The third-order valence-corrected chi connectivity index (χ3v) is 5.06. The second-order valence-corrected chi connectivity index (χ2v) is 7.27. The summed E-state index contributed by atoms with van der Waals surface area (Å²) in [6.45, 7) is 8.12. The van der Waals surface area contributed by atoms with Gasteiger partial charge in [0.25, 0.3) is 0 Å². The van der Waals surface area contributed by atoms with Crippen molar-refractivity contribution in [1.82, 2.24) is 4.90 Å². The van der Waals surface area contributed by atoms with E-state index >= 15 is 0 Å². The molecule has 1 aliphatic heterocycles. The van der Waals surface area contributed by atoms with Crippen LogP contribution in [0.25, 0.3) is 0 Å². The van der Waals surface area contributed by atoms with E-state index in [1.54, 1.807) is 0 Å². The van der Waals surface area contributed by atoms with Gasteiger partial charge in [0.05, 0.1) is 0 Å². The fraction of sp³-hybridized carbons (Fsp3) is 0.667. The summed E-state index contributed by atoms with van der Waals surface area (Å²) in [5, 5.41) is 0. The number of halogens is 1. The Morgan fingerprint density at radius 3 is 2.38 bits per heavy atom. The third kappa shape index (κ3) is 4.00. The fourth-order valence-corrected chi connectivity index (χ4v) is 4.04. The summed E-state index contributed by atoms with van der Waals surface area (Å²) in [7, 11) is 0. The van der Waals surface area contributed by atoms with Gasteiger partial charge in [-0.05, 0) is 48.1 Å². The van der Waals surface area contributed by atoms with Crippen LogP contribution in [0.3, 0.4) is 0 Å². The second kappa shape index (κ2) is 7.13. The molecule has 2 aliphatic rings. The topological polar surface area (TPSA) is 29.3 Å². The molecule has 0 spiro atoms. The maximum atomic E-state index is 6.22. The first-order valence-corrected chi connectivity index (χ1v) is 8.17. The van der Waals surface area contributed by atoms with E-state index in [-0.39, 0.29) is 12.4 Å². The number of nitrogens with two attached hydrogens (primary N) is 1. The number of benzene rings is 1. The monoisotopic (exact) mass is 308 g/mol. The predicted octanol–water partition coefficient (Wildman–Crippen LogP) is 3.48. The average Bonchev–Trinajstić information content (AvgIpc) is 2.94. The van der Waals surface area contributed by atoms with Gasteiger partial charge >= 0.3 is 0 Å². The van der Waals surface area contributed by atoms with E-state index < -0.39 is 0 Å². The molecule has 0 bridgehead atoms. The quantitative estimate of drug-likeness (QED) is 0.923. The van der Waals surface area contributed by atoms with Gasteiger partial charge in [0.1, 0.15) is 0 Å². The highest BCUT2D eigenvalue weighted by Gasteiger charge is 2.40. The van der Waals surface area contributed by atoms with E-state index in [1.807, 2.05) is 0 Å². The number of nitrogens with zero attached hydrogens (tertiary/aromatic N) is 1. The van der Waals surface area contributed by atoms with Crippen molar-refractivity contribution in [2.45, 2.75) is 45.7 Å². The smallest absolute Gasteiger partial charge is 0.0233 e. The summed E-state index contributed by atoms with van der Waals surface area (Å²) in [6, 6.07) is 9.69. The van der Waals surface area contributed by atoms with Gasteiger partial charge in [-0.1, -0.05) is 38.1 Å². The lowest BCUT2D eigenvalue weighted by molar-refractivity contribution is 0.298. The van der Waals surface area contributed by atoms with E-state index in [2.05, 4.69) is 43.0 Å². The maximum absolute atomic E-state index is 6.22. The van der Waals surface area contributed by atoms with Crippen molar-refractivity contribution in [2.75, 3.05) is 13.1 Å². The van der Waals surface area contributed by atoms with Gasteiger partial charge in [0, 0.05) is 25.7 Å². The number of fused-ring (bicyclic) bond motifs is 1. The van der Waals surface area contributed by atoms with Crippen LogP contribution in [0.15, 0.2) is 24.3 Å². The van der Waals surface area contributed by atoms with Gasteiger partial charge in [0.2, 0.25) is 0 Å². The molecule has 1 aromatic carbocycles. The highest BCUT2D eigenvalue weighted by Crippen LogP contribution is 2.37. The van der Waals surface area contributed by atoms with Crippen molar-refractivity contribution in [1.29, 1.82) is 0 Å². The summed E-state index contributed by atoms with van der Waals surface area (Å²) in [6.07, 6.45) is 3.77. The first-order valence-electron chi connectivity index (χ1n) is 8.17. The van der Waals surface area contributed by atoms with E-state index in [1.165, 1.54) is 43.5 Å². The molecule has 2 fully saturated rings. The third-order valence-electron chi connectivity index (χ3n) is 5.06. The molecule has 3 unspecified atom stereocenters. The Labute approximate surface area is 135 Å². The Morgan fingerprint density at radius 2 is 1.76 bits per heavy atom. The summed E-state index contributed by atoms with van der Waals surface area (Å²) in [5.74, 6) is 2.36. The Morgan fingerprint density at radius 1 is 1.10 bits per heavy atom. The molecule has 2 nitrogen and oxygen atoms in total. The zero-order chi connectivity index (χ0) is 14.1. The first-order chi connectivity index (χ1) is 9.61. The van der Waals surface area contributed by atoms with Gasteiger partial charge < -0.3 is 5.73 Å². The minimum atomic E-state index is 0. The fourth-order valence-electron chi connectivity index (χ4n) is 4.04. The number of rotatable bonds is 4. The summed E-state index contributed by atoms with van der Waals surface area (Å²) in [5.41, 5.74) is 9.13. The number of hydrogen-bond acceptors (Lipinski definition) is 2. The van der Waals surface area contributed by atoms with Gasteiger partial charge in [-0.15, -0.1) is 12.4 Å². The van der Waals surface area contributed by atoms with Crippen molar-refractivity contribution < 1.29 is 0 Å². The van der Waals surface area contributed by atoms with Crippen LogP contribution < -0.4 is 5.73 Å². The Hall–Kier alpha value is -0.570. The van der Waals surface area contributed by atoms with Crippen LogP contribution in [0.4, 0.5) is 0 Å². The molecular weight excluding hydrogens is 280 g/mol. The minimum Gasteiger partial charge on any atom is -0.327 e. The Kier molecular flexibility index (Phi) is 5.70. The van der Waals surface area contributed by atoms with Gasteiger partial charge in [-0.3, -0.25) is 4.90 Å². The molecule has 21 heavy (non-hydrogen) atoms. The summed E-state index contributed by atoms with van der Waals surface area (Å²) in [4.78, 5) is 2.60. The molecule has 1 saturated heterocycles. The molecule has 1 saturated carbocycles. The Bertz CT molecular complexity index is 443. The molecule has 3 rings (SSSR count). The van der Waals surface area contributed by atoms with Crippen molar-refractivity contribution in [3.05, 3.63) is 35.4 Å². The predicted molar refractivity (Wildman–Crippen MR) is 91.7 cm³/mol. The highest BCUT2D eigenvalue weighted by atomic mass is 35.5. The number of likely N-dealkylation sites (tertiary alicyclic amines) is 1. The lowest BCUT2D eigenvalue weighted by Gasteiger charge is -2.18. The maximum Gasteiger partial charge on any atom is 0.0233 e. The molecule has 3 atom stereocenters. The van der Waals surface area contributed by atoms with Crippen LogP contribution in [0.5, 0.6) is 0 Å². The van der Waals surface area contributed by atoms with E-state index in [4.69, 9.17) is 5.73 Å². The molecule has 2 N–H and O–H groups in total. The van der Waals surface area contributed by atoms with Gasteiger partial charge in [0.15, 0.2) is 0 Å². The SMILES string of the molecule is CC(C)Cc1ccc(CN2CC3CCC(N)C3C2)cc1.Cl. The van der Waals surface area contributed by atoms with Crippen LogP contribution in [-0.2, 0) is 13.0 Å². The molecule has 0 radical (unpaired) electrons. The van der Waals surface area contributed by atoms with Gasteiger partial charge in [-0.2, -0.15) is 0 Å². The van der Waals surface area contributed by atoms with Crippen LogP contribution in [-0.4, -0.2) is 24.0 Å². The molecule has 0 aromatic heterocycles. The van der Waals surface area contributed by atoms with E-state index in [0.29, 0.717) is 6.04 Å². The minimum absolute atomic E-state index is 0. The number of hydrogen-bond donors (Lipinski definition) is 1. The summed E-state index contributed by atoms with van der Waals surface area (Å²) < 4.78 is 0. The van der Waals surface area contributed by atoms with Crippen molar-refractivity contribution >= 4 is 12.4 Å². The van der Waals surface area contributed by atoms with E-state index in [0.717, 1.165) is 24.3 Å². The van der Waals surface area contributed by atoms with Crippen molar-refractivity contribution in [3.8, 4) is 0 Å². The summed E-state index contributed by atoms with van der Waals surface area (Å²) >= 11 is 0. The van der Waals surface area contributed by atoms with Crippen LogP contribution in [0.1, 0.15) is 37.8 Å². The lowest BCUT2D eigenvalue weighted by Crippen LogP contribution is -2.30. The van der Waals surface area contributed by atoms with Crippen LogP contribution in [0.2, 0.25) is 0 Å². The molecule has 1 heterocycles. The molecule has 1 aliphatic carbocycles. The zero-order valence-corrected chi connectivity index (χ0v) is 14.1. The van der Waals surface area contributed by atoms with E-state index in [9.17, 15) is 0 Å². The standard InChI is InChI=1S/C18H28N2.ClH/c1-13(2)9-14-3-5-15(6-4-14)10-20-11-16-7-8-18(19)17(16)12-20;/h3-6,13,16-18H,7-12,19H2,1-2H3;1H. The largest absolute Gasteiger partial charge is 0.327 e. The molecule has 3 heteroatoms. The van der Waals surface area contributed by atoms with Crippen LogP contribution >= 0.6 is 12.4 Å². The zero-order valence-electron chi connectivity index (χ0n) is 13.3.